The summed E-state index contributed by atoms with van der Waals surface area (Å²) in [5, 5.41) is 11.4. The van der Waals surface area contributed by atoms with E-state index in [1.165, 1.54) is 0 Å². The molecule has 1 aliphatic heterocycles. The third-order valence-electron chi connectivity index (χ3n) is 11.0. The summed E-state index contributed by atoms with van der Waals surface area (Å²) in [5.41, 5.74) is 5.37. The van der Waals surface area contributed by atoms with Crippen molar-refractivity contribution in [2.45, 2.75) is 104 Å². The maximum Gasteiger partial charge on any atom is 0.407 e. The molecular weight excluding hydrogens is 711 g/mol. The lowest BCUT2D eigenvalue weighted by Gasteiger charge is -2.29. The van der Waals surface area contributed by atoms with Crippen LogP contribution >= 0.6 is 0 Å². The van der Waals surface area contributed by atoms with Crippen LogP contribution in [0.15, 0.2) is 54.7 Å². The van der Waals surface area contributed by atoms with Gasteiger partial charge in [-0.1, -0.05) is 24.3 Å². The molecule has 6 rings (SSSR count). The second-order valence-corrected chi connectivity index (χ2v) is 16.5. The normalized spacial score (nSPS) is 20.0. The Bertz CT molecular complexity index is 1980. The Hall–Kier alpha value is -5.39. The number of pyridine rings is 1. The Morgan fingerprint density at radius 2 is 1.68 bits per heavy atom. The molecule has 12 nitrogen and oxygen atoms in total. The summed E-state index contributed by atoms with van der Waals surface area (Å²) >= 11 is 0. The zero-order valence-electron chi connectivity index (χ0n) is 32.8. The number of rotatable bonds is 12. The van der Waals surface area contributed by atoms with Crippen LogP contribution in [-0.2, 0) is 32.0 Å². The standard InChI is InChI=1S/C44H53N5O7/c1-26-20-37(42(54)49-36-6-5-19-45-41(36)53)46-25-35(26)29-11-7-27(8-12-29)21-32(40(52)48-33-16-17-34-31(22-33)15-18-38(34)50)23-39(51)30-13-9-28(10-14-30)24-47-43(55)56-44(2,3)4/h7-8,11-12,16-17,20,22,25,28,30,32,36H,5-6,9-10,13-15,18-19,21,23-24H2,1-4H3,(H,45,53)(H,47,55)(H,48,52)(H,49,54)/t28?,30?,32-,36-/m1/s1. The summed E-state index contributed by atoms with van der Waals surface area (Å²) in [6.07, 6.45) is 7.16. The van der Waals surface area contributed by atoms with Gasteiger partial charge >= 0.3 is 6.09 Å². The lowest BCUT2D eigenvalue weighted by molar-refractivity contribution is -0.129. The predicted octanol–water partition coefficient (Wildman–Crippen LogP) is 6.28. The molecule has 2 aromatic carbocycles. The van der Waals surface area contributed by atoms with Gasteiger partial charge in [0.25, 0.3) is 5.91 Å². The Morgan fingerprint density at radius 1 is 0.929 bits per heavy atom. The van der Waals surface area contributed by atoms with Crippen LogP contribution in [0.1, 0.15) is 110 Å². The SMILES string of the molecule is Cc1cc(C(=O)N[C@@H]2CCCNC2=O)ncc1-c1ccc(C[C@H](CC(=O)C2CCC(CNC(=O)OC(C)(C)C)CC2)C(=O)Nc2ccc3c(c2)CCC3=O)cc1. The van der Waals surface area contributed by atoms with Gasteiger partial charge in [-0.25, -0.2) is 4.79 Å². The number of carbonyl (C=O) groups is 6. The largest absolute Gasteiger partial charge is 0.444 e. The number of fused-ring (bicyclic) bond motifs is 1. The van der Waals surface area contributed by atoms with Gasteiger partial charge in [-0.3, -0.25) is 29.0 Å². The number of benzene rings is 2. The van der Waals surface area contributed by atoms with E-state index < -0.39 is 29.6 Å². The van der Waals surface area contributed by atoms with E-state index in [-0.39, 0.29) is 47.3 Å². The Balaban J connectivity index is 1.11. The number of nitrogens with one attached hydrogen (secondary N) is 4. The fourth-order valence-electron chi connectivity index (χ4n) is 7.90. The number of anilines is 1. The van der Waals surface area contributed by atoms with Crippen LogP contribution in [-0.4, -0.2) is 65.1 Å². The third kappa shape index (κ3) is 10.5. The van der Waals surface area contributed by atoms with Crippen LogP contribution in [0.5, 0.6) is 0 Å². The van der Waals surface area contributed by atoms with Gasteiger partial charge in [-0.05, 0) is 131 Å². The number of nitrogens with zero attached hydrogens (tertiary/aromatic N) is 1. The minimum Gasteiger partial charge on any atom is -0.444 e. The lowest BCUT2D eigenvalue weighted by atomic mass is 9.77. The van der Waals surface area contributed by atoms with Crippen LogP contribution in [0.4, 0.5) is 10.5 Å². The van der Waals surface area contributed by atoms with Crippen LogP contribution in [0, 0.1) is 24.7 Å². The Labute approximate surface area is 328 Å². The summed E-state index contributed by atoms with van der Waals surface area (Å²) < 4.78 is 5.36. The molecule has 2 aliphatic carbocycles. The molecule has 2 atom stereocenters. The summed E-state index contributed by atoms with van der Waals surface area (Å²) in [6, 6.07) is 14.3. The van der Waals surface area contributed by atoms with E-state index in [0.717, 1.165) is 47.1 Å². The van der Waals surface area contributed by atoms with Crippen molar-refractivity contribution >= 4 is 41.1 Å². The average Bonchev–Trinajstić information content (AvgIpc) is 3.53. The average molecular weight is 764 g/mol. The second-order valence-electron chi connectivity index (χ2n) is 16.5. The van der Waals surface area contributed by atoms with Crippen LogP contribution in [0.25, 0.3) is 11.1 Å². The molecule has 0 unspecified atom stereocenters. The maximum absolute atomic E-state index is 13.9. The predicted molar refractivity (Wildman–Crippen MR) is 212 cm³/mol. The molecule has 2 fully saturated rings. The van der Waals surface area contributed by atoms with Crippen molar-refractivity contribution in [3.05, 3.63) is 82.7 Å². The summed E-state index contributed by atoms with van der Waals surface area (Å²) in [7, 11) is 0. The summed E-state index contributed by atoms with van der Waals surface area (Å²) in [4.78, 5) is 81.4. The molecular formula is C44H53N5O7. The molecule has 3 aliphatic rings. The van der Waals surface area contributed by atoms with E-state index in [4.69, 9.17) is 4.74 Å². The molecule has 12 heteroatoms. The smallest absolute Gasteiger partial charge is 0.407 e. The minimum atomic E-state index is -0.623. The molecule has 0 spiro atoms. The highest BCUT2D eigenvalue weighted by molar-refractivity contribution is 6.02. The van der Waals surface area contributed by atoms with Crippen molar-refractivity contribution in [2.24, 2.45) is 17.8 Å². The fraction of sp³-hybridized carbons (Fsp3) is 0.477. The lowest BCUT2D eigenvalue weighted by Crippen LogP contribution is -2.50. The van der Waals surface area contributed by atoms with Gasteiger partial charge in [0.2, 0.25) is 11.8 Å². The molecule has 0 radical (unpaired) electrons. The number of aromatic nitrogens is 1. The molecule has 1 saturated heterocycles. The van der Waals surface area contributed by atoms with Gasteiger partial charge in [-0.15, -0.1) is 0 Å². The summed E-state index contributed by atoms with van der Waals surface area (Å²) in [5.74, 6) is -1.18. The van der Waals surface area contributed by atoms with E-state index in [2.05, 4.69) is 26.3 Å². The molecule has 4 amide bonds. The van der Waals surface area contributed by atoms with E-state index in [1.54, 1.807) is 24.4 Å². The van der Waals surface area contributed by atoms with Gasteiger partial charge in [0.05, 0.1) is 0 Å². The van der Waals surface area contributed by atoms with Crippen molar-refractivity contribution in [1.82, 2.24) is 20.9 Å². The van der Waals surface area contributed by atoms with Crippen molar-refractivity contribution in [1.29, 1.82) is 0 Å². The van der Waals surface area contributed by atoms with Gasteiger partial charge < -0.3 is 26.0 Å². The van der Waals surface area contributed by atoms with Crippen LogP contribution in [0.3, 0.4) is 0 Å². The molecule has 1 aromatic heterocycles. The first-order valence-corrected chi connectivity index (χ1v) is 19.8. The molecule has 4 N–H and O–H groups in total. The molecule has 3 aromatic rings. The number of ether oxygens (including phenoxy) is 1. The third-order valence-corrected chi connectivity index (χ3v) is 11.0. The maximum atomic E-state index is 13.9. The van der Waals surface area contributed by atoms with E-state index >= 15 is 0 Å². The van der Waals surface area contributed by atoms with Gasteiger partial charge in [0.1, 0.15) is 23.1 Å². The Morgan fingerprint density at radius 3 is 2.38 bits per heavy atom. The zero-order valence-corrected chi connectivity index (χ0v) is 32.8. The van der Waals surface area contributed by atoms with Crippen LogP contribution in [0.2, 0.25) is 0 Å². The van der Waals surface area contributed by atoms with Gasteiger partial charge in [-0.2, -0.15) is 0 Å². The first kappa shape index (κ1) is 40.3. The van der Waals surface area contributed by atoms with Gasteiger partial charge in [0, 0.05) is 60.8 Å². The van der Waals surface area contributed by atoms with Crippen molar-refractivity contribution in [3.63, 3.8) is 0 Å². The number of alkyl carbamates (subject to hydrolysis) is 1. The monoisotopic (exact) mass is 763 g/mol. The molecule has 0 bridgehead atoms. The van der Waals surface area contributed by atoms with Crippen LogP contribution < -0.4 is 21.3 Å². The van der Waals surface area contributed by atoms with Crippen molar-refractivity contribution in [2.75, 3.05) is 18.4 Å². The minimum absolute atomic E-state index is 0.0646. The van der Waals surface area contributed by atoms with Crippen molar-refractivity contribution < 1.29 is 33.5 Å². The number of piperidine rings is 1. The quantitative estimate of drug-likeness (QED) is 0.167. The number of carbonyl (C=O) groups excluding carboxylic acids is 6. The number of ketones is 2. The summed E-state index contributed by atoms with van der Waals surface area (Å²) in [6.45, 7) is 8.49. The number of hydrogen-bond acceptors (Lipinski definition) is 8. The van der Waals surface area contributed by atoms with E-state index in [1.807, 2.05) is 58.0 Å². The second kappa shape index (κ2) is 17.6. The highest BCUT2D eigenvalue weighted by Gasteiger charge is 2.31. The van der Waals surface area contributed by atoms with Gasteiger partial charge in [0.15, 0.2) is 5.78 Å². The van der Waals surface area contributed by atoms with E-state index in [9.17, 15) is 28.8 Å². The number of hydrogen-bond donors (Lipinski definition) is 4. The molecule has 56 heavy (non-hydrogen) atoms. The van der Waals surface area contributed by atoms with E-state index in [0.29, 0.717) is 62.9 Å². The first-order chi connectivity index (χ1) is 26.7. The molecule has 296 valence electrons. The number of amides is 4. The number of aryl methyl sites for hydroxylation is 2. The number of Topliss-reactive ketones (excluding diaryl/α,β-unsaturated/α-hetero) is 2. The fourth-order valence-corrected chi connectivity index (χ4v) is 7.90. The van der Waals surface area contributed by atoms with Crippen molar-refractivity contribution in [3.8, 4) is 11.1 Å². The molecule has 2 heterocycles. The highest BCUT2D eigenvalue weighted by atomic mass is 16.6. The highest BCUT2D eigenvalue weighted by Crippen LogP contribution is 2.32. The topological polar surface area (TPSA) is 173 Å². The Kier molecular flexibility index (Phi) is 12.7. The zero-order chi connectivity index (χ0) is 40.0. The first-order valence-electron chi connectivity index (χ1n) is 19.8. The molecule has 1 saturated carbocycles.